The van der Waals surface area contributed by atoms with Crippen molar-refractivity contribution < 1.29 is 4.79 Å². The van der Waals surface area contributed by atoms with E-state index in [0.717, 1.165) is 11.4 Å². The molecule has 7 heteroatoms. The Bertz CT molecular complexity index is 888. The van der Waals surface area contributed by atoms with Crippen LogP contribution in [0.2, 0.25) is 5.15 Å². The zero-order chi connectivity index (χ0) is 18.0. The predicted octanol–water partition coefficient (Wildman–Crippen LogP) is 3.55. The molecule has 1 aromatic carbocycles. The average Bonchev–Trinajstić information content (AvgIpc) is 2.90. The molecule has 2 heterocycles. The fourth-order valence-corrected chi connectivity index (χ4v) is 2.76. The van der Waals surface area contributed by atoms with Crippen LogP contribution in [0, 0.1) is 6.92 Å². The summed E-state index contributed by atoms with van der Waals surface area (Å²) in [7, 11) is 3.85. The van der Waals surface area contributed by atoms with Crippen LogP contribution in [0.1, 0.15) is 16.1 Å². The minimum absolute atomic E-state index is 0.270. The van der Waals surface area contributed by atoms with Gasteiger partial charge in [0.1, 0.15) is 16.5 Å². The Kier molecular flexibility index (Phi) is 4.72. The molecule has 0 aliphatic rings. The number of carbonyl (C=O) groups excluding carboxylic acids is 1. The molecule has 1 N–H and O–H groups in total. The monoisotopic (exact) mass is 355 g/mol. The number of anilines is 2. The van der Waals surface area contributed by atoms with Gasteiger partial charge in [0, 0.05) is 14.1 Å². The first kappa shape index (κ1) is 17.0. The molecule has 0 fully saturated rings. The summed E-state index contributed by atoms with van der Waals surface area (Å²) in [4.78, 5) is 18.8. The molecule has 0 unspecified atom stereocenters. The third kappa shape index (κ3) is 3.49. The Labute approximate surface area is 151 Å². The highest BCUT2D eigenvalue weighted by Crippen LogP contribution is 2.24. The smallest absolute Gasteiger partial charge is 0.261 e. The Morgan fingerprint density at radius 3 is 2.48 bits per heavy atom. The van der Waals surface area contributed by atoms with Crippen LogP contribution in [0.15, 0.2) is 48.7 Å². The van der Waals surface area contributed by atoms with Crippen molar-refractivity contribution in [2.75, 3.05) is 24.3 Å². The van der Waals surface area contributed by atoms with Crippen molar-refractivity contribution in [3.8, 4) is 5.69 Å². The van der Waals surface area contributed by atoms with Gasteiger partial charge in [0.05, 0.1) is 23.3 Å². The Morgan fingerprint density at radius 2 is 1.88 bits per heavy atom. The molecule has 0 aliphatic heterocycles. The number of benzene rings is 1. The first-order chi connectivity index (χ1) is 12.0. The van der Waals surface area contributed by atoms with Crippen LogP contribution in [0.25, 0.3) is 5.69 Å². The van der Waals surface area contributed by atoms with Crippen molar-refractivity contribution in [3.05, 3.63) is 65.1 Å². The lowest BCUT2D eigenvalue weighted by atomic mass is 10.2. The van der Waals surface area contributed by atoms with Gasteiger partial charge in [-0.3, -0.25) is 4.79 Å². The summed E-state index contributed by atoms with van der Waals surface area (Å²) in [5, 5.41) is 7.41. The van der Waals surface area contributed by atoms with Crippen molar-refractivity contribution in [2.45, 2.75) is 6.92 Å². The number of amides is 1. The molecular formula is C18H18ClN5O. The zero-order valence-electron chi connectivity index (χ0n) is 14.2. The molecular weight excluding hydrogens is 338 g/mol. The summed E-state index contributed by atoms with van der Waals surface area (Å²) in [6.45, 7) is 1.75. The van der Waals surface area contributed by atoms with E-state index in [2.05, 4.69) is 15.4 Å². The van der Waals surface area contributed by atoms with Crippen LogP contribution >= 0.6 is 11.6 Å². The molecule has 2 aromatic heterocycles. The van der Waals surface area contributed by atoms with Gasteiger partial charge >= 0.3 is 0 Å². The van der Waals surface area contributed by atoms with Gasteiger partial charge in [-0.25, -0.2) is 9.67 Å². The number of rotatable bonds is 4. The van der Waals surface area contributed by atoms with Gasteiger partial charge in [-0.2, -0.15) is 5.10 Å². The second-order valence-corrected chi connectivity index (χ2v) is 6.11. The fourth-order valence-electron chi connectivity index (χ4n) is 2.40. The largest absolute Gasteiger partial charge is 0.376 e. The first-order valence-corrected chi connectivity index (χ1v) is 8.10. The fraction of sp³-hybridized carbons (Fsp3) is 0.167. The summed E-state index contributed by atoms with van der Waals surface area (Å²) in [5.74, 6) is 0.119. The lowest BCUT2D eigenvalue weighted by Crippen LogP contribution is -2.15. The summed E-state index contributed by atoms with van der Waals surface area (Å²) in [6, 6.07) is 13.1. The number of aromatic nitrogens is 3. The zero-order valence-corrected chi connectivity index (χ0v) is 14.9. The number of nitrogens with one attached hydrogen (secondary N) is 1. The van der Waals surface area contributed by atoms with E-state index in [4.69, 9.17) is 11.6 Å². The van der Waals surface area contributed by atoms with E-state index >= 15 is 0 Å². The van der Waals surface area contributed by atoms with Crippen molar-refractivity contribution >= 4 is 29.0 Å². The number of para-hydroxylation sites is 1. The average molecular weight is 356 g/mol. The van der Waals surface area contributed by atoms with E-state index in [1.807, 2.05) is 55.4 Å². The first-order valence-electron chi connectivity index (χ1n) is 7.72. The summed E-state index contributed by atoms with van der Waals surface area (Å²) in [6.07, 6.45) is 1.69. The lowest BCUT2D eigenvalue weighted by molar-refractivity contribution is 0.102. The highest BCUT2D eigenvalue weighted by Gasteiger charge is 2.21. The Hall–Kier alpha value is -2.86. The minimum atomic E-state index is -0.338. The van der Waals surface area contributed by atoms with Gasteiger partial charge in [0.2, 0.25) is 0 Å². The van der Waals surface area contributed by atoms with E-state index in [1.54, 1.807) is 23.9 Å². The van der Waals surface area contributed by atoms with Crippen LogP contribution in [0.3, 0.4) is 0 Å². The van der Waals surface area contributed by atoms with Crippen LogP contribution in [-0.4, -0.2) is 34.8 Å². The number of hydrogen-bond acceptors (Lipinski definition) is 4. The summed E-state index contributed by atoms with van der Waals surface area (Å²) < 4.78 is 1.55. The third-order valence-electron chi connectivity index (χ3n) is 3.74. The van der Waals surface area contributed by atoms with Gasteiger partial charge in [-0.15, -0.1) is 0 Å². The molecule has 25 heavy (non-hydrogen) atoms. The molecule has 1 amide bonds. The predicted molar refractivity (Wildman–Crippen MR) is 99.8 cm³/mol. The van der Waals surface area contributed by atoms with Crippen molar-refractivity contribution in [1.82, 2.24) is 14.8 Å². The normalized spacial score (nSPS) is 10.6. The molecule has 128 valence electrons. The third-order valence-corrected chi connectivity index (χ3v) is 4.09. The summed E-state index contributed by atoms with van der Waals surface area (Å²) in [5.41, 5.74) is 2.63. The van der Waals surface area contributed by atoms with Gasteiger partial charge in [0.25, 0.3) is 5.91 Å². The molecule has 0 saturated heterocycles. The van der Waals surface area contributed by atoms with Crippen LogP contribution in [-0.2, 0) is 0 Å². The second kappa shape index (κ2) is 6.94. The maximum absolute atomic E-state index is 12.6. The Balaban J connectivity index is 1.86. The highest BCUT2D eigenvalue weighted by molar-refractivity contribution is 6.34. The van der Waals surface area contributed by atoms with Gasteiger partial charge in [0.15, 0.2) is 0 Å². The molecule has 3 rings (SSSR count). The van der Waals surface area contributed by atoms with Gasteiger partial charge < -0.3 is 10.2 Å². The van der Waals surface area contributed by atoms with Crippen molar-refractivity contribution in [2.24, 2.45) is 0 Å². The summed E-state index contributed by atoms with van der Waals surface area (Å²) >= 11 is 6.40. The van der Waals surface area contributed by atoms with Crippen LogP contribution in [0.5, 0.6) is 0 Å². The van der Waals surface area contributed by atoms with Crippen LogP contribution in [0.4, 0.5) is 11.5 Å². The van der Waals surface area contributed by atoms with E-state index in [0.29, 0.717) is 17.1 Å². The molecule has 0 atom stereocenters. The highest BCUT2D eigenvalue weighted by atomic mass is 35.5. The minimum Gasteiger partial charge on any atom is -0.376 e. The quantitative estimate of drug-likeness (QED) is 0.777. The molecule has 3 aromatic rings. The van der Waals surface area contributed by atoms with E-state index < -0.39 is 0 Å². The number of pyridine rings is 1. The number of hydrogen-bond donors (Lipinski definition) is 1. The maximum Gasteiger partial charge on any atom is 0.261 e. The lowest BCUT2D eigenvalue weighted by Gasteiger charge is -2.12. The van der Waals surface area contributed by atoms with Crippen LogP contribution < -0.4 is 10.2 Å². The van der Waals surface area contributed by atoms with Gasteiger partial charge in [-0.05, 0) is 31.2 Å². The van der Waals surface area contributed by atoms with Gasteiger partial charge in [-0.1, -0.05) is 29.8 Å². The topological polar surface area (TPSA) is 63.1 Å². The van der Waals surface area contributed by atoms with Crippen molar-refractivity contribution in [1.29, 1.82) is 0 Å². The number of aryl methyl sites for hydroxylation is 1. The number of nitrogens with zero attached hydrogens (tertiary/aromatic N) is 4. The van der Waals surface area contributed by atoms with E-state index in [1.165, 1.54) is 0 Å². The SMILES string of the molecule is Cc1nn(-c2ccccc2)c(Cl)c1C(=O)Nc1ccc(N(C)C)cn1. The molecule has 0 spiro atoms. The standard InChI is InChI=1S/C18H18ClN5O/c1-12-16(17(19)24(22-12)13-7-5-4-6-8-13)18(25)21-15-10-9-14(11-20-15)23(2)3/h4-11H,1-3H3,(H,20,21,25). The molecule has 0 saturated carbocycles. The number of carbonyl (C=O) groups is 1. The molecule has 0 radical (unpaired) electrons. The molecule has 0 bridgehead atoms. The number of halogens is 1. The maximum atomic E-state index is 12.6. The Morgan fingerprint density at radius 1 is 1.16 bits per heavy atom. The van der Waals surface area contributed by atoms with Crippen molar-refractivity contribution in [3.63, 3.8) is 0 Å². The molecule has 6 nitrogen and oxygen atoms in total. The van der Waals surface area contributed by atoms with E-state index in [-0.39, 0.29) is 11.1 Å². The second-order valence-electron chi connectivity index (χ2n) is 5.75. The van der Waals surface area contributed by atoms with E-state index in [9.17, 15) is 4.79 Å². The molecule has 0 aliphatic carbocycles.